The Kier molecular flexibility index (Phi) is 4.47. The van der Waals surface area contributed by atoms with Crippen molar-refractivity contribution >= 4 is 0 Å². The van der Waals surface area contributed by atoms with E-state index in [0.717, 1.165) is 24.5 Å². The highest BCUT2D eigenvalue weighted by molar-refractivity contribution is 5.26. The van der Waals surface area contributed by atoms with Gasteiger partial charge in [0.25, 0.3) is 0 Å². The highest BCUT2D eigenvalue weighted by atomic mass is 16.3. The highest BCUT2D eigenvalue weighted by Gasteiger charge is 2.04. The topological polar surface area (TPSA) is 58.0 Å². The van der Waals surface area contributed by atoms with Crippen LogP contribution in [0, 0.1) is 6.92 Å². The molecule has 0 bridgehead atoms. The summed E-state index contributed by atoms with van der Waals surface area (Å²) in [7, 11) is 0. The molecule has 0 saturated carbocycles. The predicted molar refractivity (Wildman–Crippen MR) is 74.9 cm³/mol. The van der Waals surface area contributed by atoms with Crippen molar-refractivity contribution in [2.75, 3.05) is 0 Å². The average molecular weight is 257 g/mol. The van der Waals surface area contributed by atoms with Crippen LogP contribution in [0.4, 0.5) is 0 Å². The first kappa shape index (κ1) is 13.5. The van der Waals surface area contributed by atoms with Gasteiger partial charge in [-0.1, -0.05) is 12.1 Å². The van der Waals surface area contributed by atoms with E-state index in [-0.39, 0.29) is 0 Å². The van der Waals surface area contributed by atoms with Crippen molar-refractivity contribution < 1.29 is 5.11 Å². The van der Waals surface area contributed by atoms with Crippen LogP contribution in [0.15, 0.2) is 36.5 Å². The van der Waals surface area contributed by atoms with Crippen molar-refractivity contribution in [3.63, 3.8) is 0 Å². The number of phenols is 1. The van der Waals surface area contributed by atoms with Crippen molar-refractivity contribution in [2.45, 2.75) is 32.9 Å². The maximum atomic E-state index is 9.24. The molecule has 0 aliphatic heterocycles. The first-order valence-corrected chi connectivity index (χ1v) is 6.43. The van der Waals surface area contributed by atoms with Gasteiger partial charge in [0.2, 0.25) is 0 Å². The minimum atomic E-state index is 0.306. The molecule has 0 saturated heterocycles. The summed E-state index contributed by atoms with van der Waals surface area (Å²) in [6.07, 6.45) is 2.70. The van der Waals surface area contributed by atoms with E-state index in [1.165, 1.54) is 5.56 Å². The number of hydrogen-bond donors (Lipinski definition) is 2. The van der Waals surface area contributed by atoms with Crippen molar-refractivity contribution in [3.05, 3.63) is 53.6 Å². The summed E-state index contributed by atoms with van der Waals surface area (Å²) in [5, 5.41) is 12.7. The van der Waals surface area contributed by atoms with Gasteiger partial charge in [-0.2, -0.15) is 0 Å². The average Bonchev–Trinajstić information content (AvgIpc) is 2.39. The molecule has 1 atom stereocenters. The summed E-state index contributed by atoms with van der Waals surface area (Å²) in [5.74, 6) is 1.10. The van der Waals surface area contributed by atoms with Gasteiger partial charge >= 0.3 is 0 Å². The Labute approximate surface area is 113 Å². The van der Waals surface area contributed by atoms with Gasteiger partial charge in [0.05, 0.1) is 5.69 Å². The molecule has 0 aliphatic carbocycles. The number of nitrogens with zero attached hydrogens (tertiary/aromatic N) is 2. The van der Waals surface area contributed by atoms with Crippen molar-refractivity contribution in [1.82, 2.24) is 15.3 Å². The van der Waals surface area contributed by atoms with Gasteiger partial charge in [-0.15, -0.1) is 0 Å². The second-order valence-corrected chi connectivity index (χ2v) is 4.75. The lowest BCUT2D eigenvalue weighted by Crippen LogP contribution is -2.28. The molecule has 1 heterocycles. The van der Waals surface area contributed by atoms with Gasteiger partial charge in [-0.25, -0.2) is 9.97 Å². The Morgan fingerprint density at radius 1 is 1.21 bits per heavy atom. The van der Waals surface area contributed by atoms with E-state index in [0.29, 0.717) is 11.8 Å². The second-order valence-electron chi connectivity index (χ2n) is 4.75. The number of hydrogen-bond acceptors (Lipinski definition) is 4. The fraction of sp³-hybridized carbons (Fsp3) is 0.333. The third-order valence-electron chi connectivity index (χ3n) is 2.94. The van der Waals surface area contributed by atoms with Crippen LogP contribution < -0.4 is 5.32 Å². The molecule has 19 heavy (non-hydrogen) atoms. The first-order chi connectivity index (χ1) is 9.13. The predicted octanol–water partition coefficient (Wildman–Crippen LogP) is 2.21. The lowest BCUT2D eigenvalue weighted by molar-refractivity contribution is 0.474. The monoisotopic (exact) mass is 257 g/mol. The molecule has 2 aromatic rings. The van der Waals surface area contributed by atoms with E-state index in [4.69, 9.17) is 0 Å². The van der Waals surface area contributed by atoms with Gasteiger partial charge in [-0.3, -0.25) is 0 Å². The molecule has 1 unspecified atom stereocenters. The summed E-state index contributed by atoms with van der Waals surface area (Å²) in [5.41, 5.74) is 2.21. The van der Waals surface area contributed by atoms with Crippen LogP contribution in [0.25, 0.3) is 0 Å². The lowest BCUT2D eigenvalue weighted by Gasteiger charge is -2.13. The largest absolute Gasteiger partial charge is 0.508 e. The molecular formula is C15H19N3O. The summed E-state index contributed by atoms with van der Waals surface area (Å²) in [6.45, 7) is 4.77. The van der Waals surface area contributed by atoms with Crippen LogP contribution in [0.1, 0.15) is 24.0 Å². The third kappa shape index (κ3) is 4.34. The van der Waals surface area contributed by atoms with E-state index in [1.54, 1.807) is 18.3 Å². The number of aromatic nitrogens is 2. The van der Waals surface area contributed by atoms with E-state index in [9.17, 15) is 5.11 Å². The van der Waals surface area contributed by atoms with E-state index >= 15 is 0 Å². The number of nitrogens with one attached hydrogen (secondary N) is 1. The molecule has 0 aliphatic rings. The zero-order valence-corrected chi connectivity index (χ0v) is 11.3. The van der Waals surface area contributed by atoms with Gasteiger partial charge in [-0.05, 0) is 44.0 Å². The first-order valence-electron chi connectivity index (χ1n) is 6.43. The molecule has 2 N–H and O–H groups in total. The lowest BCUT2D eigenvalue weighted by atomic mass is 10.1. The van der Waals surface area contributed by atoms with Crippen LogP contribution in [0.3, 0.4) is 0 Å². The zero-order valence-electron chi connectivity index (χ0n) is 11.3. The molecule has 4 heteroatoms. The molecule has 0 radical (unpaired) electrons. The van der Waals surface area contributed by atoms with E-state index in [2.05, 4.69) is 22.2 Å². The zero-order chi connectivity index (χ0) is 13.7. The van der Waals surface area contributed by atoms with Crippen LogP contribution >= 0.6 is 0 Å². The van der Waals surface area contributed by atoms with E-state index in [1.807, 2.05) is 25.1 Å². The Balaban J connectivity index is 1.84. The fourth-order valence-corrected chi connectivity index (χ4v) is 1.94. The number of aryl methyl sites for hydroxylation is 1. The maximum absolute atomic E-state index is 9.24. The Morgan fingerprint density at radius 2 is 1.95 bits per heavy atom. The third-order valence-corrected chi connectivity index (χ3v) is 2.94. The smallest absolute Gasteiger partial charge is 0.125 e. The number of phenolic OH excluding ortho intramolecular Hbond substituents is 1. The van der Waals surface area contributed by atoms with Crippen molar-refractivity contribution in [1.29, 1.82) is 0 Å². The van der Waals surface area contributed by atoms with Gasteiger partial charge in [0.1, 0.15) is 11.6 Å². The van der Waals surface area contributed by atoms with Crippen LogP contribution in [-0.4, -0.2) is 21.1 Å². The number of aromatic hydroxyl groups is 1. The summed E-state index contributed by atoms with van der Waals surface area (Å²) in [6, 6.07) is 9.60. The molecule has 0 amide bonds. The SMILES string of the molecule is Cc1nccc(CNC(C)Cc2ccc(O)cc2)n1. The molecular weight excluding hydrogens is 238 g/mol. The summed E-state index contributed by atoms with van der Waals surface area (Å²) >= 11 is 0. The van der Waals surface area contributed by atoms with Crippen molar-refractivity contribution in [3.8, 4) is 5.75 Å². The van der Waals surface area contributed by atoms with Gasteiger partial charge in [0, 0.05) is 18.8 Å². The van der Waals surface area contributed by atoms with Gasteiger partial charge < -0.3 is 10.4 Å². The highest BCUT2D eigenvalue weighted by Crippen LogP contribution is 2.11. The molecule has 2 rings (SSSR count). The quantitative estimate of drug-likeness (QED) is 0.862. The standard InChI is InChI=1S/C15H19N3O/c1-11(9-13-3-5-15(19)6-4-13)17-10-14-7-8-16-12(2)18-14/h3-8,11,17,19H,9-10H2,1-2H3. The molecule has 0 spiro atoms. The Hall–Kier alpha value is -1.94. The molecule has 1 aromatic heterocycles. The molecule has 1 aromatic carbocycles. The van der Waals surface area contributed by atoms with E-state index < -0.39 is 0 Å². The molecule has 0 fully saturated rings. The van der Waals surface area contributed by atoms with Crippen LogP contribution in [0.5, 0.6) is 5.75 Å². The van der Waals surface area contributed by atoms with Crippen molar-refractivity contribution in [2.24, 2.45) is 0 Å². The molecule has 4 nitrogen and oxygen atoms in total. The fourth-order valence-electron chi connectivity index (χ4n) is 1.94. The Bertz CT molecular complexity index is 525. The minimum absolute atomic E-state index is 0.306. The number of rotatable bonds is 5. The molecule has 100 valence electrons. The summed E-state index contributed by atoms with van der Waals surface area (Å²) < 4.78 is 0. The normalized spacial score (nSPS) is 12.3. The maximum Gasteiger partial charge on any atom is 0.125 e. The summed E-state index contributed by atoms with van der Waals surface area (Å²) in [4.78, 5) is 8.44. The van der Waals surface area contributed by atoms with Crippen LogP contribution in [-0.2, 0) is 13.0 Å². The number of benzene rings is 1. The Morgan fingerprint density at radius 3 is 2.63 bits per heavy atom. The second kappa shape index (κ2) is 6.29. The van der Waals surface area contributed by atoms with Gasteiger partial charge in [0.15, 0.2) is 0 Å². The van der Waals surface area contributed by atoms with Crippen LogP contribution in [0.2, 0.25) is 0 Å². The minimum Gasteiger partial charge on any atom is -0.508 e.